The van der Waals surface area contributed by atoms with Crippen LogP contribution in [-0.4, -0.2) is 403 Å². The van der Waals surface area contributed by atoms with Crippen LogP contribution in [0.4, 0.5) is 0 Å². The molecule has 7 fully saturated rings. The van der Waals surface area contributed by atoms with E-state index in [1.165, 1.54) is 0 Å². The number of hydrogen-bond donors (Lipinski definition) is 25. The third-order valence-electron chi connectivity index (χ3n) is 16.7. The maximum atomic E-state index is 13.1. The number of nitrogens with one attached hydrogen (secondary N) is 3. The minimum absolute atomic E-state index is 0.782. The molecule has 0 aromatic rings. The van der Waals surface area contributed by atoms with E-state index in [-0.39, 0.29) is 0 Å². The largest absolute Gasteiger partial charge is 0.477 e. The second-order valence-corrected chi connectivity index (χ2v) is 23.2. The van der Waals surface area contributed by atoms with Crippen LogP contribution in [0.3, 0.4) is 0 Å². The van der Waals surface area contributed by atoms with E-state index in [1.807, 2.05) is 0 Å². The summed E-state index contributed by atoms with van der Waals surface area (Å²) < 4.78 is 74.8. The predicted octanol–water partition coefficient (Wildman–Crippen LogP) is -16.6. The average Bonchev–Trinajstić information content (AvgIpc) is 0.768. The highest BCUT2D eigenvalue weighted by atomic mass is 16.8. The number of aliphatic hydroxyl groups excluding tert-OH is 21. The molecule has 93 heavy (non-hydrogen) atoms. The maximum absolute atomic E-state index is 13.1. The molecule has 0 spiro atoms. The van der Waals surface area contributed by atoms with E-state index >= 15 is 0 Å². The van der Waals surface area contributed by atoms with Crippen LogP contribution in [0.25, 0.3) is 0 Å². The van der Waals surface area contributed by atoms with Gasteiger partial charge in [0.15, 0.2) is 37.7 Å². The Labute approximate surface area is 525 Å². The molecule has 0 aromatic carbocycles. The van der Waals surface area contributed by atoms with Gasteiger partial charge in [-0.25, -0.2) is 4.79 Å². The van der Waals surface area contributed by atoms with Crippen LogP contribution >= 0.6 is 0 Å². The number of amides is 3. The van der Waals surface area contributed by atoms with Gasteiger partial charge in [0.25, 0.3) is 5.79 Å². The smallest absolute Gasteiger partial charge is 0.364 e. The van der Waals surface area contributed by atoms with Crippen LogP contribution in [0.15, 0.2) is 0 Å². The van der Waals surface area contributed by atoms with Crippen molar-refractivity contribution in [3.05, 3.63) is 0 Å². The van der Waals surface area contributed by atoms with Crippen molar-refractivity contribution in [1.29, 1.82) is 0 Å². The summed E-state index contributed by atoms with van der Waals surface area (Å²) in [5, 5.41) is 246. The van der Waals surface area contributed by atoms with Crippen molar-refractivity contribution in [2.45, 2.75) is 248 Å². The topological polar surface area (TPSA) is 669 Å². The van der Waals surface area contributed by atoms with Crippen LogP contribution in [0, 0.1) is 0 Å². The van der Waals surface area contributed by atoms with Crippen LogP contribution in [0.5, 0.6) is 0 Å². The number of carbonyl (C=O) groups is 4. The summed E-state index contributed by atoms with van der Waals surface area (Å²) in [6.07, 6.45) is -67.6. The minimum Gasteiger partial charge on any atom is -0.477 e. The van der Waals surface area contributed by atoms with E-state index in [0.717, 1.165) is 20.8 Å². The molecule has 36 atom stereocenters. The second-order valence-electron chi connectivity index (χ2n) is 23.2. The Morgan fingerprint density at radius 2 is 0.860 bits per heavy atom. The van der Waals surface area contributed by atoms with Gasteiger partial charge in [0.2, 0.25) is 17.7 Å². The number of ether oxygens (including phenoxy) is 13. The number of aliphatic hydroxyl groups is 21. The van der Waals surface area contributed by atoms with E-state index in [9.17, 15) is 132 Å². The first-order valence-electron chi connectivity index (χ1n) is 29.2. The zero-order chi connectivity index (χ0) is 69.0. The Morgan fingerprint density at radius 1 is 0.441 bits per heavy atom. The molecule has 3 amide bonds. The van der Waals surface area contributed by atoms with Gasteiger partial charge in [-0.3, -0.25) is 14.4 Å². The number of carboxylic acids is 1. The van der Waals surface area contributed by atoms with Crippen LogP contribution in [0.2, 0.25) is 0 Å². The van der Waals surface area contributed by atoms with Crippen molar-refractivity contribution in [1.82, 2.24) is 16.0 Å². The zero-order valence-corrected chi connectivity index (χ0v) is 49.6. The highest BCUT2D eigenvalue weighted by Crippen LogP contribution is 2.40. The van der Waals surface area contributed by atoms with E-state index in [2.05, 4.69) is 16.0 Å². The zero-order valence-electron chi connectivity index (χ0n) is 49.6. The number of aliphatic carboxylic acids is 1. The quantitative estimate of drug-likeness (QED) is 0.0404. The first-order valence-corrected chi connectivity index (χ1v) is 29.2. The summed E-state index contributed by atoms with van der Waals surface area (Å²) in [4.78, 5) is 50.2. The molecule has 0 aromatic heterocycles. The van der Waals surface area contributed by atoms with Gasteiger partial charge in [0.05, 0.1) is 58.4 Å². The summed E-state index contributed by atoms with van der Waals surface area (Å²) in [6.45, 7) is -4.56. The van der Waals surface area contributed by atoms with Gasteiger partial charge in [-0.15, -0.1) is 0 Å². The van der Waals surface area contributed by atoms with Crippen molar-refractivity contribution in [3.8, 4) is 0 Å². The molecule has 42 heteroatoms. The fourth-order valence-electron chi connectivity index (χ4n) is 11.8. The molecule has 7 aliphatic rings. The lowest BCUT2D eigenvalue weighted by Crippen LogP contribution is -2.71. The minimum atomic E-state index is -3.24. The number of hydrogen-bond acceptors (Lipinski definition) is 38. The van der Waals surface area contributed by atoms with Crippen molar-refractivity contribution >= 4 is 23.7 Å². The van der Waals surface area contributed by atoms with Gasteiger partial charge in [0.1, 0.15) is 165 Å². The Bertz CT molecular complexity index is 2420. The number of rotatable bonds is 25. The van der Waals surface area contributed by atoms with Crippen LogP contribution in [-0.2, 0) is 80.8 Å². The van der Waals surface area contributed by atoms with Gasteiger partial charge in [0, 0.05) is 27.2 Å². The summed E-state index contributed by atoms with van der Waals surface area (Å²) >= 11 is 0. The highest BCUT2D eigenvalue weighted by molar-refractivity contribution is 5.77. The molecule has 0 radical (unpaired) electrons. The third-order valence-corrected chi connectivity index (χ3v) is 16.7. The van der Waals surface area contributed by atoms with Gasteiger partial charge in [-0.1, -0.05) is 0 Å². The van der Waals surface area contributed by atoms with E-state index in [4.69, 9.17) is 61.6 Å². The van der Waals surface area contributed by atoms with Crippen LogP contribution < -0.4 is 16.0 Å². The molecule has 7 rings (SSSR count). The average molecular weight is 1360 g/mol. The summed E-state index contributed by atoms with van der Waals surface area (Å²) in [5.74, 6) is -7.95. The third kappa shape index (κ3) is 16.8. The highest BCUT2D eigenvalue weighted by Gasteiger charge is 2.62. The molecule has 25 N–H and O–H groups in total. The first-order chi connectivity index (χ1) is 43.8. The maximum Gasteiger partial charge on any atom is 0.364 e. The Balaban J connectivity index is 1.11. The molecular formula is C51H85N3O39. The molecule has 42 nitrogen and oxygen atoms in total. The molecular weight excluding hydrogens is 1280 g/mol. The lowest BCUT2D eigenvalue weighted by Gasteiger charge is -2.51. The second kappa shape index (κ2) is 32.9. The Hall–Kier alpha value is -3.48. The normalized spacial score (nSPS) is 47.2. The summed E-state index contributed by atoms with van der Waals surface area (Å²) in [6, 6.07) is -5.30. The molecule has 1 unspecified atom stereocenters. The SMILES string of the molecule is CC(=O)N[C@H]1[C@@H](O[C@H]2C(O)[C@H](O)[C@@H](CO)O[C@@H]2O[C@H]2[C@@H](O)[C@H](O)O[C@H](CO[C@@H]3O[C@@H](CO)[C@H](O)[C@H](O)[C@@H]3O[C@H]3O[C@@H](CO)[C@H](O)[C@H](O)[C@H]3NC(C)=O)[C@H]2O)O[C@@H](CO)[C@H](O[C@H]2O[C@@H](CO)[C@@H](O)[C@H](O[C@]3(C(=O)O)C[C@H](O)[C@@H](NC(C)=O)[C@@H]([C@@H](O)[C@@H](O)CO)O3)[C@@H]2O)[C@@H]1O. The van der Waals surface area contributed by atoms with E-state index in [1.54, 1.807) is 0 Å². The predicted molar refractivity (Wildman–Crippen MR) is 284 cm³/mol. The van der Waals surface area contributed by atoms with E-state index < -0.39 is 297 Å². The van der Waals surface area contributed by atoms with Crippen molar-refractivity contribution < 1.29 is 193 Å². The Kier molecular flexibility index (Phi) is 27.2. The molecule has 0 aliphatic carbocycles. The summed E-state index contributed by atoms with van der Waals surface area (Å²) in [7, 11) is 0. The van der Waals surface area contributed by atoms with Gasteiger partial charge < -0.3 is 190 Å². The molecule has 0 bridgehead atoms. The van der Waals surface area contributed by atoms with E-state index in [0.29, 0.717) is 0 Å². The number of carbonyl (C=O) groups excluding carboxylic acids is 3. The molecule has 7 heterocycles. The lowest BCUT2D eigenvalue weighted by atomic mass is 9.88. The monoisotopic (exact) mass is 1360 g/mol. The van der Waals surface area contributed by atoms with Gasteiger partial charge in [-0.2, -0.15) is 0 Å². The van der Waals surface area contributed by atoms with Gasteiger partial charge >= 0.3 is 5.97 Å². The standard InChI is InChI=1S/C51H85N3O39/c1-12(61)52-23-15(64)4-51(50(79)80,92-39(23)26(66)16(65)5-55)93-41-30(70)20(9-59)84-47(37(41)77)88-38-21(10-60)87-46(25(33(38)73)54-14(3)63)91-43-35(75)29(69)19(8-58)86-49(43)89-40-31(71)22(82-44(78)36(40)76)11-81-48-42(34(74)28(68)18(7-57)85-48)90-45-24(53-13(2)62)32(72)27(67)17(6-56)83-45/h15-49,55-60,64-78H,4-11H2,1-3H3,(H,52,61)(H,53,62)(H,54,63)(H,79,80)/t15-,16-,17-,18-,19+,20-,21-,22+,23+,24+,25+,26-,27-,28-,29+,30+,31+,32+,33+,34-,35?,36+,37-,38-,39-,40+,41-,42-,43-,44+,45+,46+,47+,48+,49+,51-/m0/s1. The summed E-state index contributed by atoms with van der Waals surface area (Å²) in [5.41, 5.74) is 0. The molecule has 0 saturated carbocycles. The molecule has 7 saturated heterocycles. The van der Waals surface area contributed by atoms with Gasteiger partial charge in [-0.05, 0) is 0 Å². The van der Waals surface area contributed by atoms with Crippen molar-refractivity contribution in [2.75, 3.05) is 46.2 Å². The number of carboxylic acid groups (broad SMARTS) is 1. The van der Waals surface area contributed by atoms with Crippen molar-refractivity contribution in [3.63, 3.8) is 0 Å². The first kappa shape index (κ1) is 76.9. The Morgan fingerprint density at radius 3 is 1.37 bits per heavy atom. The molecule has 538 valence electrons. The fraction of sp³-hybridized carbons (Fsp3) is 0.922. The fourth-order valence-corrected chi connectivity index (χ4v) is 11.8. The molecule has 7 aliphatic heterocycles. The van der Waals surface area contributed by atoms with Crippen molar-refractivity contribution in [2.24, 2.45) is 0 Å². The lowest BCUT2D eigenvalue weighted by molar-refractivity contribution is -0.395. The van der Waals surface area contributed by atoms with Crippen LogP contribution in [0.1, 0.15) is 27.2 Å².